The number of urea groups is 1. The van der Waals surface area contributed by atoms with Gasteiger partial charge in [0.05, 0.1) is 0 Å². The van der Waals surface area contributed by atoms with Gasteiger partial charge in [0, 0.05) is 30.9 Å². The molecule has 3 rings (SSSR count). The zero-order valence-corrected chi connectivity index (χ0v) is 12.9. The maximum absolute atomic E-state index is 12.7. The molecule has 23 heavy (non-hydrogen) atoms. The quantitative estimate of drug-likeness (QED) is 0.877. The lowest BCUT2D eigenvalue weighted by Gasteiger charge is -2.23. The van der Waals surface area contributed by atoms with Crippen molar-refractivity contribution < 1.29 is 19.5 Å². The summed E-state index contributed by atoms with van der Waals surface area (Å²) in [6.45, 7) is 3.46. The third kappa shape index (κ3) is 2.74. The minimum absolute atomic E-state index is 0.178. The number of rotatable bonds is 3. The van der Waals surface area contributed by atoms with Crippen LogP contribution >= 0.6 is 0 Å². The minimum atomic E-state index is -0.970. The van der Waals surface area contributed by atoms with Crippen LogP contribution in [0.4, 0.5) is 10.5 Å². The summed E-state index contributed by atoms with van der Waals surface area (Å²) in [5.41, 5.74) is 2.00. The van der Waals surface area contributed by atoms with Crippen molar-refractivity contribution in [3.63, 3.8) is 0 Å². The first-order valence-corrected chi connectivity index (χ1v) is 7.69. The predicted octanol–water partition coefficient (Wildman–Crippen LogP) is 1.21. The summed E-state index contributed by atoms with van der Waals surface area (Å²) in [6, 6.07) is 4.22. The van der Waals surface area contributed by atoms with Crippen LogP contribution in [0.3, 0.4) is 0 Å². The SMILES string of the molecule is Cc1ccc(C(=O)N2CCCC2C(=O)O)cc1N1CCNC1=O. The number of hydrogen-bond acceptors (Lipinski definition) is 3. The van der Waals surface area contributed by atoms with Gasteiger partial charge in [-0.05, 0) is 37.5 Å². The first-order valence-electron chi connectivity index (χ1n) is 7.69. The summed E-state index contributed by atoms with van der Waals surface area (Å²) in [5.74, 6) is -1.27. The lowest BCUT2D eigenvalue weighted by molar-refractivity contribution is -0.141. The van der Waals surface area contributed by atoms with E-state index in [-0.39, 0.29) is 11.9 Å². The van der Waals surface area contributed by atoms with Gasteiger partial charge in [-0.15, -0.1) is 0 Å². The number of carbonyl (C=O) groups excluding carboxylic acids is 2. The monoisotopic (exact) mass is 317 g/mol. The van der Waals surface area contributed by atoms with Crippen molar-refractivity contribution in [1.82, 2.24) is 10.2 Å². The van der Waals surface area contributed by atoms with Crippen molar-refractivity contribution in [2.24, 2.45) is 0 Å². The molecule has 2 saturated heterocycles. The number of hydrogen-bond donors (Lipinski definition) is 2. The molecule has 0 aliphatic carbocycles. The lowest BCUT2D eigenvalue weighted by atomic mass is 10.1. The first kappa shape index (κ1) is 15.3. The Labute approximate surface area is 133 Å². The number of carbonyl (C=O) groups is 3. The molecule has 7 nitrogen and oxygen atoms in total. The number of amides is 3. The third-order valence-electron chi connectivity index (χ3n) is 4.40. The maximum Gasteiger partial charge on any atom is 0.326 e. The maximum atomic E-state index is 12.7. The number of likely N-dealkylation sites (tertiary alicyclic amines) is 1. The van der Waals surface area contributed by atoms with Crippen molar-refractivity contribution in [2.75, 3.05) is 24.5 Å². The van der Waals surface area contributed by atoms with Crippen molar-refractivity contribution in [2.45, 2.75) is 25.8 Å². The van der Waals surface area contributed by atoms with Gasteiger partial charge in [-0.3, -0.25) is 9.69 Å². The molecule has 2 heterocycles. The van der Waals surface area contributed by atoms with Crippen LogP contribution in [0, 0.1) is 6.92 Å². The van der Waals surface area contributed by atoms with Crippen LogP contribution in [0.5, 0.6) is 0 Å². The molecule has 2 aliphatic rings. The zero-order valence-electron chi connectivity index (χ0n) is 12.9. The van der Waals surface area contributed by atoms with Gasteiger partial charge in [0.2, 0.25) is 0 Å². The molecule has 1 aromatic rings. The van der Waals surface area contributed by atoms with Gasteiger partial charge in [-0.25, -0.2) is 9.59 Å². The van der Waals surface area contributed by atoms with Crippen LogP contribution in [0.1, 0.15) is 28.8 Å². The van der Waals surface area contributed by atoms with E-state index in [1.165, 1.54) is 4.90 Å². The fourth-order valence-electron chi connectivity index (χ4n) is 3.17. The molecule has 0 radical (unpaired) electrons. The highest BCUT2D eigenvalue weighted by Crippen LogP contribution is 2.26. The van der Waals surface area contributed by atoms with Crippen molar-refractivity contribution in [3.05, 3.63) is 29.3 Å². The Balaban J connectivity index is 1.90. The van der Waals surface area contributed by atoms with Gasteiger partial charge in [0.25, 0.3) is 5.91 Å². The fraction of sp³-hybridized carbons (Fsp3) is 0.438. The molecule has 122 valence electrons. The highest BCUT2D eigenvalue weighted by molar-refractivity contribution is 6.00. The van der Waals surface area contributed by atoms with Crippen molar-refractivity contribution in [3.8, 4) is 0 Å². The highest BCUT2D eigenvalue weighted by Gasteiger charge is 2.34. The van der Waals surface area contributed by atoms with Crippen LogP contribution in [0.2, 0.25) is 0 Å². The molecule has 0 saturated carbocycles. The van der Waals surface area contributed by atoms with Crippen LogP contribution < -0.4 is 10.2 Å². The van der Waals surface area contributed by atoms with Crippen LogP contribution in [-0.4, -0.2) is 53.6 Å². The van der Waals surface area contributed by atoms with E-state index in [0.717, 1.165) is 5.56 Å². The van der Waals surface area contributed by atoms with E-state index in [1.54, 1.807) is 23.1 Å². The molecule has 2 fully saturated rings. The Morgan fingerprint density at radius 1 is 1.30 bits per heavy atom. The summed E-state index contributed by atoms with van der Waals surface area (Å²) in [4.78, 5) is 38.8. The van der Waals surface area contributed by atoms with Gasteiger partial charge in [0.15, 0.2) is 0 Å². The third-order valence-corrected chi connectivity index (χ3v) is 4.40. The fourth-order valence-corrected chi connectivity index (χ4v) is 3.17. The Bertz CT molecular complexity index is 673. The van der Waals surface area contributed by atoms with Crippen molar-refractivity contribution >= 4 is 23.6 Å². The molecule has 0 aromatic heterocycles. The van der Waals surface area contributed by atoms with E-state index < -0.39 is 12.0 Å². The average Bonchev–Trinajstić information content (AvgIpc) is 3.16. The zero-order chi connectivity index (χ0) is 16.6. The van der Waals surface area contributed by atoms with E-state index in [0.29, 0.717) is 43.7 Å². The largest absolute Gasteiger partial charge is 0.480 e. The molecule has 2 N–H and O–H groups in total. The molecular formula is C16H19N3O4. The van der Waals surface area contributed by atoms with E-state index in [1.807, 2.05) is 6.92 Å². The van der Waals surface area contributed by atoms with E-state index in [4.69, 9.17) is 0 Å². The number of nitrogens with one attached hydrogen (secondary N) is 1. The Morgan fingerprint density at radius 3 is 2.74 bits per heavy atom. The normalized spacial score (nSPS) is 20.7. The van der Waals surface area contributed by atoms with Crippen LogP contribution in [0.25, 0.3) is 0 Å². The number of carboxylic acid groups (broad SMARTS) is 1. The summed E-state index contributed by atoms with van der Waals surface area (Å²) in [7, 11) is 0. The van der Waals surface area contributed by atoms with Gasteiger partial charge >= 0.3 is 12.0 Å². The summed E-state index contributed by atoms with van der Waals surface area (Å²) < 4.78 is 0. The van der Waals surface area contributed by atoms with E-state index >= 15 is 0 Å². The van der Waals surface area contributed by atoms with Crippen molar-refractivity contribution in [1.29, 1.82) is 0 Å². The standard InChI is InChI=1S/C16H19N3O4/c1-10-4-5-11(9-13(10)19-8-6-17-16(19)23)14(20)18-7-2-3-12(18)15(21)22/h4-5,9,12H,2-3,6-8H2,1H3,(H,17,23)(H,21,22). The summed E-state index contributed by atoms with van der Waals surface area (Å²) in [5, 5.41) is 12.0. The predicted molar refractivity (Wildman–Crippen MR) is 83.6 cm³/mol. The van der Waals surface area contributed by atoms with Gasteiger partial charge < -0.3 is 15.3 Å². The number of nitrogens with zero attached hydrogens (tertiary/aromatic N) is 2. The molecule has 1 atom stereocenters. The smallest absolute Gasteiger partial charge is 0.326 e. The Kier molecular flexibility index (Phi) is 3.94. The molecule has 0 spiro atoms. The van der Waals surface area contributed by atoms with Crippen LogP contribution in [0.15, 0.2) is 18.2 Å². The number of carboxylic acids is 1. The number of aliphatic carboxylic acids is 1. The topological polar surface area (TPSA) is 89.9 Å². The highest BCUT2D eigenvalue weighted by atomic mass is 16.4. The summed E-state index contributed by atoms with van der Waals surface area (Å²) >= 11 is 0. The minimum Gasteiger partial charge on any atom is -0.480 e. The Hall–Kier alpha value is -2.57. The second-order valence-corrected chi connectivity index (χ2v) is 5.88. The number of anilines is 1. The number of benzene rings is 1. The Morgan fingerprint density at radius 2 is 2.09 bits per heavy atom. The molecule has 1 unspecified atom stereocenters. The molecule has 2 aliphatic heterocycles. The van der Waals surface area contributed by atoms with Gasteiger partial charge in [-0.2, -0.15) is 0 Å². The molecule has 3 amide bonds. The molecule has 7 heteroatoms. The summed E-state index contributed by atoms with van der Waals surface area (Å²) in [6.07, 6.45) is 1.17. The molecule has 1 aromatic carbocycles. The van der Waals surface area contributed by atoms with Gasteiger partial charge in [-0.1, -0.05) is 6.07 Å². The molecular weight excluding hydrogens is 298 g/mol. The van der Waals surface area contributed by atoms with Crippen LogP contribution in [-0.2, 0) is 4.79 Å². The van der Waals surface area contributed by atoms with E-state index in [9.17, 15) is 19.5 Å². The molecule has 0 bridgehead atoms. The number of aryl methyl sites for hydroxylation is 1. The second kappa shape index (κ2) is 5.91. The lowest BCUT2D eigenvalue weighted by Crippen LogP contribution is -2.40. The van der Waals surface area contributed by atoms with E-state index in [2.05, 4.69) is 5.32 Å². The van der Waals surface area contributed by atoms with Gasteiger partial charge in [0.1, 0.15) is 6.04 Å². The first-order chi connectivity index (χ1) is 11.0. The second-order valence-electron chi connectivity index (χ2n) is 5.88. The average molecular weight is 317 g/mol.